The Morgan fingerprint density at radius 3 is 1.79 bits per heavy atom. The fourth-order valence-corrected chi connectivity index (χ4v) is 10.9. The lowest BCUT2D eigenvalue weighted by Crippen LogP contribution is -2.54. The Bertz CT molecular complexity index is 756. The van der Waals surface area contributed by atoms with Gasteiger partial charge in [-0.25, -0.2) is 0 Å². The van der Waals surface area contributed by atoms with Crippen molar-refractivity contribution in [1.29, 1.82) is 0 Å². The molecule has 5 unspecified atom stereocenters. The smallest absolute Gasteiger partial charge is 0.359 e. The van der Waals surface area contributed by atoms with E-state index >= 15 is 0 Å². The summed E-state index contributed by atoms with van der Waals surface area (Å²) in [6.07, 6.45) is 4.04. The van der Waals surface area contributed by atoms with E-state index in [1.165, 1.54) is 0 Å². The maximum Gasteiger partial charge on any atom is 0.359 e. The summed E-state index contributed by atoms with van der Waals surface area (Å²) in [5, 5.41) is 7.96. The van der Waals surface area contributed by atoms with Crippen molar-refractivity contribution < 1.29 is 32.9 Å². The number of ether oxygens (including phenoxy) is 1. The van der Waals surface area contributed by atoms with Gasteiger partial charge in [-0.1, -0.05) is 41.5 Å². The Labute approximate surface area is 209 Å². The molecule has 0 aromatic rings. The van der Waals surface area contributed by atoms with Crippen LogP contribution in [0, 0.1) is 0 Å². The Morgan fingerprint density at radius 2 is 1.44 bits per heavy atom. The summed E-state index contributed by atoms with van der Waals surface area (Å²) in [4.78, 5) is 10.9. The van der Waals surface area contributed by atoms with Gasteiger partial charge in [-0.3, -0.25) is 13.7 Å². The summed E-state index contributed by atoms with van der Waals surface area (Å²) < 4.78 is 46.4. The first-order valence-electron chi connectivity index (χ1n) is 13.0. The molecule has 6 atom stereocenters. The predicted octanol–water partition coefficient (Wildman–Crippen LogP) is 6.58. The fourth-order valence-electron chi connectivity index (χ4n) is 5.61. The monoisotopic (exact) mass is 522 g/mol. The molecule has 0 amide bonds. The Kier molecular flexibility index (Phi) is 11.2. The third-order valence-electron chi connectivity index (χ3n) is 8.53. The molecule has 1 aliphatic heterocycles. The van der Waals surface area contributed by atoms with Crippen LogP contribution >= 0.6 is 15.0 Å². The van der Waals surface area contributed by atoms with Crippen LogP contribution in [0.25, 0.3) is 0 Å². The molecule has 7 nitrogen and oxygen atoms in total. The molecule has 0 aromatic carbocycles. The predicted molar refractivity (Wildman–Crippen MR) is 140 cm³/mol. The van der Waals surface area contributed by atoms with Gasteiger partial charge in [0.05, 0.1) is 22.5 Å². The van der Waals surface area contributed by atoms with Gasteiger partial charge < -0.3 is 19.3 Å². The lowest BCUT2D eigenvalue weighted by Gasteiger charge is -2.53. The van der Waals surface area contributed by atoms with E-state index in [1.54, 1.807) is 27.4 Å². The third-order valence-corrected chi connectivity index (χ3v) is 14.3. The average molecular weight is 522 g/mol. The molecule has 1 aliphatic rings. The summed E-state index contributed by atoms with van der Waals surface area (Å²) in [5.41, 5.74) is -2.00. The van der Waals surface area contributed by atoms with Crippen molar-refractivity contribution >= 4 is 22.8 Å². The third kappa shape index (κ3) is 6.23. The van der Waals surface area contributed by atoms with Gasteiger partial charge in [0.25, 0.3) is 0 Å². The normalized spacial score (nSPS) is 26.9. The van der Waals surface area contributed by atoms with Crippen LogP contribution in [0.1, 0.15) is 113 Å². The molecule has 1 saturated heterocycles. The second kappa shape index (κ2) is 11.8. The summed E-state index contributed by atoms with van der Waals surface area (Å²) in [7, 11) is -2.04. The van der Waals surface area contributed by atoms with E-state index in [0.29, 0.717) is 32.1 Å². The topological polar surface area (TPSA) is 102 Å². The molecular formula is C24H49BO7P2. The first-order valence-corrected chi connectivity index (χ1v) is 16.6. The van der Waals surface area contributed by atoms with Gasteiger partial charge in [-0.2, -0.15) is 0 Å². The first-order chi connectivity index (χ1) is 15.5. The van der Waals surface area contributed by atoms with Gasteiger partial charge in [0.15, 0.2) is 5.34 Å². The number of hydrogen-bond acceptors (Lipinski definition) is 6. The molecule has 0 bridgehead atoms. The van der Waals surface area contributed by atoms with Gasteiger partial charge in [0.2, 0.25) is 7.37 Å². The molecule has 0 aromatic heterocycles. The molecule has 0 aliphatic carbocycles. The summed E-state index contributed by atoms with van der Waals surface area (Å²) in [5.74, 6) is 0. The molecule has 1 rings (SSSR count). The quantitative estimate of drug-likeness (QED) is 0.185. The lowest BCUT2D eigenvalue weighted by atomic mass is 9.82. The van der Waals surface area contributed by atoms with Crippen LogP contribution in [0.15, 0.2) is 0 Å². The number of hydrogen-bond donors (Lipinski definition) is 2. The Morgan fingerprint density at radius 1 is 0.912 bits per heavy atom. The summed E-state index contributed by atoms with van der Waals surface area (Å²) >= 11 is 0. The molecule has 2 N–H and O–H groups in total. The van der Waals surface area contributed by atoms with Crippen molar-refractivity contribution in [3.63, 3.8) is 0 Å². The van der Waals surface area contributed by atoms with E-state index in [4.69, 9.17) is 21.6 Å². The highest BCUT2D eigenvalue weighted by atomic mass is 31.2. The Hall–Kier alpha value is 0.325. The van der Waals surface area contributed by atoms with E-state index in [2.05, 4.69) is 0 Å². The lowest BCUT2D eigenvalue weighted by molar-refractivity contribution is -0.0270. The van der Waals surface area contributed by atoms with Crippen molar-refractivity contribution in [3.8, 4) is 0 Å². The zero-order valence-electron chi connectivity index (χ0n) is 22.9. The van der Waals surface area contributed by atoms with Crippen molar-refractivity contribution in [1.82, 2.24) is 0 Å². The second-order valence-electron chi connectivity index (χ2n) is 10.4. The highest BCUT2D eigenvalue weighted by Gasteiger charge is 2.61. The second-order valence-corrected chi connectivity index (χ2v) is 15.2. The van der Waals surface area contributed by atoms with Crippen LogP contribution in [0.5, 0.6) is 0 Å². The molecule has 2 radical (unpaired) electrons. The summed E-state index contributed by atoms with van der Waals surface area (Å²) in [6.45, 7) is 16.3. The molecule has 0 saturated carbocycles. The van der Waals surface area contributed by atoms with Crippen molar-refractivity contribution in [2.45, 2.75) is 147 Å². The van der Waals surface area contributed by atoms with Crippen LogP contribution in [-0.4, -0.2) is 58.3 Å². The van der Waals surface area contributed by atoms with Crippen LogP contribution in [0.3, 0.4) is 0 Å². The highest BCUT2D eigenvalue weighted by molar-refractivity contribution is 7.60. The van der Waals surface area contributed by atoms with Crippen LogP contribution in [0.4, 0.5) is 0 Å². The van der Waals surface area contributed by atoms with Crippen LogP contribution in [0.2, 0.25) is 0 Å². The fraction of sp³-hybridized carbons (Fsp3) is 1.00. The number of rotatable bonds is 15. The van der Waals surface area contributed by atoms with E-state index in [0.717, 1.165) is 12.8 Å². The minimum absolute atomic E-state index is 0.0619. The molecule has 0 spiro atoms. The number of aliphatic hydroxyl groups is 1. The summed E-state index contributed by atoms with van der Waals surface area (Å²) in [6, 6.07) is -0.281. The highest BCUT2D eigenvalue weighted by Crippen LogP contribution is 2.71. The van der Waals surface area contributed by atoms with Gasteiger partial charge >= 0.3 is 7.60 Å². The van der Waals surface area contributed by atoms with Crippen molar-refractivity contribution in [2.75, 3.05) is 6.66 Å². The molecular weight excluding hydrogens is 473 g/mol. The molecule has 1 fully saturated rings. The standard InChI is InChI=1S/C24H49BO7P2/c1-10-21(7,18-19-16-17-20(25)30-19)31-33(9,27)23(12-3,13-4)22(8,11-2)32-34(28,29)24(26,14-5)15-6/h19-20,26H,10-18H2,1-9H3,(H,28,29)/t19?,20-,21?,22?,33?/m1/s1. The van der Waals surface area contributed by atoms with E-state index in [1.807, 2.05) is 34.6 Å². The Balaban J connectivity index is 3.44. The van der Waals surface area contributed by atoms with E-state index in [9.17, 15) is 19.1 Å². The van der Waals surface area contributed by atoms with Gasteiger partial charge in [0.1, 0.15) is 7.85 Å². The zero-order chi connectivity index (χ0) is 26.6. The molecule has 1 heterocycles. The van der Waals surface area contributed by atoms with Gasteiger partial charge in [0, 0.05) is 19.1 Å². The minimum Gasteiger partial charge on any atom is -0.385 e. The molecule has 200 valence electrons. The zero-order valence-corrected chi connectivity index (χ0v) is 24.7. The van der Waals surface area contributed by atoms with Gasteiger partial charge in [-0.15, -0.1) is 0 Å². The van der Waals surface area contributed by atoms with E-state index < -0.39 is 36.7 Å². The SMILES string of the molecule is [B][C@H]1CCC(CC(C)(CC)OP(C)(=O)C(CC)(CC)C(C)(CC)OP(=O)(O)C(O)(CC)CC)O1. The van der Waals surface area contributed by atoms with Crippen molar-refractivity contribution in [3.05, 3.63) is 0 Å². The molecule has 34 heavy (non-hydrogen) atoms. The maximum absolute atomic E-state index is 14.6. The maximum atomic E-state index is 14.6. The average Bonchev–Trinajstić information content (AvgIpc) is 3.16. The van der Waals surface area contributed by atoms with Crippen LogP contribution in [-0.2, 0) is 22.9 Å². The van der Waals surface area contributed by atoms with Crippen LogP contribution < -0.4 is 0 Å². The van der Waals surface area contributed by atoms with Crippen molar-refractivity contribution in [2.24, 2.45) is 0 Å². The molecule has 10 heteroatoms. The first kappa shape index (κ1) is 32.4. The van der Waals surface area contributed by atoms with Gasteiger partial charge in [-0.05, 0) is 65.2 Å². The largest absolute Gasteiger partial charge is 0.385 e. The minimum atomic E-state index is -4.49. The van der Waals surface area contributed by atoms with E-state index in [-0.39, 0.29) is 24.9 Å².